The first-order chi connectivity index (χ1) is 8.70. The van der Waals surface area contributed by atoms with Gasteiger partial charge in [0, 0.05) is 17.1 Å². The molecule has 18 heavy (non-hydrogen) atoms. The van der Waals surface area contributed by atoms with Crippen molar-refractivity contribution in [3.63, 3.8) is 0 Å². The highest BCUT2D eigenvalue weighted by molar-refractivity contribution is 7.09. The third-order valence-electron chi connectivity index (χ3n) is 3.05. The Balaban J connectivity index is 2.12. The third kappa shape index (κ3) is 3.12. The average Bonchev–Trinajstić information content (AvgIpc) is 2.89. The Bertz CT molecular complexity index is 462. The first-order valence-electron chi connectivity index (χ1n) is 6.26. The molecule has 0 fully saturated rings. The number of benzene rings is 1. The maximum Gasteiger partial charge on any atom is 0.0761 e. The molecule has 2 rings (SSSR count). The maximum absolute atomic E-state index is 9.51. The van der Waals surface area contributed by atoms with E-state index >= 15 is 0 Å². The zero-order valence-corrected chi connectivity index (χ0v) is 11.7. The smallest absolute Gasteiger partial charge is 0.0761 e. The number of nitrogens with zero attached hydrogens (tertiary/aromatic N) is 1. The summed E-state index contributed by atoms with van der Waals surface area (Å²) < 4.78 is 0. The fraction of sp³-hybridized carbons (Fsp3) is 0.333. The van der Waals surface area contributed by atoms with Crippen LogP contribution in [0.15, 0.2) is 41.8 Å². The van der Waals surface area contributed by atoms with Gasteiger partial charge in [-0.2, -0.15) is 0 Å². The Hall–Kier alpha value is -1.32. The van der Waals surface area contributed by atoms with Crippen molar-refractivity contribution in [2.75, 3.05) is 11.4 Å². The van der Waals surface area contributed by atoms with E-state index in [0.29, 0.717) is 0 Å². The lowest BCUT2D eigenvalue weighted by Crippen LogP contribution is -2.21. The van der Waals surface area contributed by atoms with E-state index in [1.165, 1.54) is 10.6 Å². The molecule has 0 unspecified atom stereocenters. The van der Waals surface area contributed by atoms with E-state index in [2.05, 4.69) is 41.5 Å². The van der Waals surface area contributed by atoms with Gasteiger partial charge in [0.05, 0.1) is 12.6 Å². The van der Waals surface area contributed by atoms with Gasteiger partial charge in [-0.25, -0.2) is 0 Å². The fourth-order valence-electron chi connectivity index (χ4n) is 1.94. The number of rotatable bonds is 5. The van der Waals surface area contributed by atoms with E-state index in [9.17, 15) is 5.11 Å². The molecule has 1 aromatic carbocycles. The Kier molecular flexibility index (Phi) is 4.39. The van der Waals surface area contributed by atoms with Crippen LogP contribution in [0.4, 0.5) is 5.69 Å². The van der Waals surface area contributed by atoms with Crippen molar-refractivity contribution < 1.29 is 5.11 Å². The van der Waals surface area contributed by atoms with Crippen molar-refractivity contribution in [3.05, 3.63) is 52.2 Å². The van der Waals surface area contributed by atoms with Gasteiger partial charge in [0.15, 0.2) is 0 Å². The van der Waals surface area contributed by atoms with Crippen LogP contribution in [0.3, 0.4) is 0 Å². The van der Waals surface area contributed by atoms with Crippen molar-refractivity contribution in [1.82, 2.24) is 0 Å². The molecule has 0 spiro atoms. The van der Waals surface area contributed by atoms with Crippen molar-refractivity contribution in [2.45, 2.75) is 26.5 Å². The van der Waals surface area contributed by atoms with Crippen LogP contribution in [0.1, 0.15) is 30.4 Å². The lowest BCUT2D eigenvalue weighted by Gasteiger charge is -2.23. The molecular formula is C15H19NOS. The van der Waals surface area contributed by atoms with Crippen molar-refractivity contribution in [3.8, 4) is 0 Å². The Morgan fingerprint density at radius 2 is 1.94 bits per heavy atom. The normalized spacial score (nSPS) is 12.4. The molecule has 1 N–H and O–H groups in total. The zero-order valence-electron chi connectivity index (χ0n) is 10.8. The minimum absolute atomic E-state index is 0.397. The van der Waals surface area contributed by atoms with Crippen LogP contribution in [0.2, 0.25) is 0 Å². The summed E-state index contributed by atoms with van der Waals surface area (Å²) in [5.74, 6) is 0. The van der Waals surface area contributed by atoms with Gasteiger partial charge in [-0.15, -0.1) is 11.3 Å². The topological polar surface area (TPSA) is 23.5 Å². The standard InChI is InChI=1S/C15H19NOS/c1-3-16(11-15-5-4-10-18-15)14-8-6-13(7-9-14)12(2)17/h4-10,12,17H,3,11H2,1-2H3/t12-/m0/s1. The van der Waals surface area contributed by atoms with Crippen molar-refractivity contribution in [2.24, 2.45) is 0 Å². The van der Waals surface area contributed by atoms with Gasteiger partial charge in [-0.1, -0.05) is 18.2 Å². The molecule has 3 heteroatoms. The molecule has 0 radical (unpaired) electrons. The minimum atomic E-state index is -0.397. The van der Waals surface area contributed by atoms with E-state index in [0.717, 1.165) is 18.7 Å². The van der Waals surface area contributed by atoms with Crippen LogP contribution >= 0.6 is 11.3 Å². The second-order valence-electron chi connectivity index (χ2n) is 4.36. The summed E-state index contributed by atoms with van der Waals surface area (Å²) in [6.07, 6.45) is -0.397. The number of aliphatic hydroxyl groups excluding tert-OH is 1. The maximum atomic E-state index is 9.51. The van der Waals surface area contributed by atoms with Crippen LogP contribution in [-0.4, -0.2) is 11.7 Å². The number of hydrogen-bond donors (Lipinski definition) is 1. The van der Waals surface area contributed by atoms with Gasteiger partial charge in [0.2, 0.25) is 0 Å². The van der Waals surface area contributed by atoms with E-state index in [1.807, 2.05) is 12.1 Å². The van der Waals surface area contributed by atoms with Gasteiger partial charge >= 0.3 is 0 Å². The molecule has 0 aliphatic heterocycles. The average molecular weight is 261 g/mol. The number of aliphatic hydroxyl groups is 1. The molecule has 0 aliphatic rings. The highest BCUT2D eigenvalue weighted by Gasteiger charge is 2.07. The molecule has 0 aliphatic carbocycles. The Labute approximate surface area is 113 Å². The van der Waals surface area contributed by atoms with E-state index in [4.69, 9.17) is 0 Å². The second kappa shape index (κ2) is 6.03. The Morgan fingerprint density at radius 3 is 2.44 bits per heavy atom. The molecule has 1 atom stereocenters. The lowest BCUT2D eigenvalue weighted by molar-refractivity contribution is 0.199. The molecule has 96 valence electrons. The predicted octanol–water partition coefficient (Wildman–Crippen LogP) is 3.83. The molecule has 0 bridgehead atoms. The molecule has 1 heterocycles. The van der Waals surface area contributed by atoms with Crippen LogP contribution < -0.4 is 4.90 Å². The van der Waals surface area contributed by atoms with E-state index < -0.39 is 6.10 Å². The van der Waals surface area contributed by atoms with Crippen molar-refractivity contribution >= 4 is 17.0 Å². The quantitative estimate of drug-likeness (QED) is 0.884. The first-order valence-corrected chi connectivity index (χ1v) is 7.14. The van der Waals surface area contributed by atoms with Gasteiger partial charge in [0.1, 0.15) is 0 Å². The Morgan fingerprint density at radius 1 is 1.22 bits per heavy atom. The summed E-state index contributed by atoms with van der Waals surface area (Å²) in [5, 5.41) is 11.6. The number of hydrogen-bond acceptors (Lipinski definition) is 3. The summed E-state index contributed by atoms with van der Waals surface area (Å²) in [5.41, 5.74) is 2.17. The van der Waals surface area contributed by atoms with Gasteiger partial charge in [-0.3, -0.25) is 0 Å². The summed E-state index contributed by atoms with van der Waals surface area (Å²) in [6.45, 7) is 5.88. The SMILES string of the molecule is CCN(Cc1cccs1)c1ccc([C@H](C)O)cc1. The van der Waals surface area contributed by atoms with Crippen LogP contribution in [0.25, 0.3) is 0 Å². The second-order valence-corrected chi connectivity index (χ2v) is 5.39. The van der Waals surface area contributed by atoms with Crippen molar-refractivity contribution in [1.29, 1.82) is 0 Å². The largest absolute Gasteiger partial charge is 0.389 e. The molecule has 1 aromatic heterocycles. The molecule has 2 nitrogen and oxygen atoms in total. The van der Waals surface area contributed by atoms with Gasteiger partial charge in [0.25, 0.3) is 0 Å². The predicted molar refractivity (Wildman–Crippen MR) is 78.1 cm³/mol. The fourth-order valence-corrected chi connectivity index (χ4v) is 2.66. The van der Waals surface area contributed by atoms with Crippen LogP contribution in [0.5, 0.6) is 0 Å². The highest BCUT2D eigenvalue weighted by atomic mass is 32.1. The van der Waals surface area contributed by atoms with Crippen LogP contribution in [-0.2, 0) is 6.54 Å². The summed E-state index contributed by atoms with van der Waals surface area (Å²) in [4.78, 5) is 3.70. The molecule has 0 saturated heterocycles. The summed E-state index contributed by atoms with van der Waals surface area (Å²) in [6, 6.07) is 12.4. The minimum Gasteiger partial charge on any atom is -0.389 e. The first kappa shape index (κ1) is 13.1. The molecule has 0 saturated carbocycles. The molecule has 0 amide bonds. The summed E-state index contributed by atoms with van der Waals surface area (Å²) in [7, 11) is 0. The molecular weight excluding hydrogens is 242 g/mol. The van der Waals surface area contributed by atoms with E-state index in [1.54, 1.807) is 18.3 Å². The zero-order chi connectivity index (χ0) is 13.0. The van der Waals surface area contributed by atoms with Gasteiger partial charge in [-0.05, 0) is 43.0 Å². The third-order valence-corrected chi connectivity index (χ3v) is 3.91. The molecule has 2 aromatic rings. The van der Waals surface area contributed by atoms with Gasteiger partial charge < -0.3 is 10.0 Å². The monoisotopic (exact) mass is 261 g/mol. The number of thiophene rings is 1. The summed E-state index contributed by atoms with van der Waals surface area (Å²) >= 11 is 1.79. The van der Waals surface area contributed by atoms with E-state index in [-0.39, 0.29) is 0 Å². The lowest BCUT2D eigenvalue weighted by atomic mass is 10.1. The number of anilines is 1. The highest BCUT2D eigenvalue weighted by Crippen LogP contribution is 2.22. The van der Waals surface area contributed by atoms with Crippen LogP contribution in [0, 0.1) is 0 Å².